The number of thiazole rings is 1. The Labute approximate surface area is 160 Å². The maximum Gasteiger partial charge on any atom is 0.271 e. The van der Waals surface area contributed by atoms with Gasteiger partial charge in [-0.1, -0.05) is 41.1 Å². The number of halogens is 1. The summed E-state index contributed by atoms with van der Waals surface area (Å²) in [6, 6.07) is 13.9. The second kappa shape index (κ2) is 6.74. The molecule has 0 saturated carbocycles. The Morgan fingerprint density at radius 2 is 1.92 bits per heavy atom. The molecule has 0 bridgehead atoms. The van der Waals surface area contributed by atoms with Crippen LogP contribution in [0.2, 0.25) is 5.02 Å². The SMILES string of the molecule is Cc1cc(C)cc(N2CN=c3s/c(=C\c4cccc(Cl)c4)c(=O)n3C2)c1. The summed E-state index contributed by atoms with van der Waals surface area (Å²) in [5.41, 5.74) is 4.41. The molecule has 132 valence electrons. The Morgan fingerprint density at radius 3 is 2.65 bits per heavy atom. The second-order valence-electron chi connectivity index (χ2n) is 6.51. The van der Waals surface area contributed by atoms with Gasteiger partial charge < -0.3 is 4.90 Å². The van der Waals surface area contributed by atoms with Gasteiger partial charge in [-0.25, -0.2) is 4.99 Å². The molecule has 1 aromatic heterocycles. The number of fused-ring (bicyclic) bond motifs is 1. The highest BCUT2D eigenvalue weighted by molar-refractivity contribution is 7.07. The summed E-state index contributed by atoms with van der Waals surface area (Å²) in [6.07, 6.45) is 1.88. The van der Waals surface area contributed by atoms with Crippen molar-refractivity contribution < 1.29 is 0 Å². The number of anilines is 1. The molecule has 2 aromatic carbocycles. The van der Waals surface area contributed by atoms with Gasteiger partial charge in [0.05, 0.1) is 4.53 Å². The summed E-state index contributed by atoms with van der Waals surface area (Å²) in [4.78, 5) is 20.3. The van der Waals surface area contributed by atoms with Crippen LogP contribution in [0.4, 0.5) is 5.69 Å². The van der Waals surface area contributed by atoms with Gasteiger partial charge in [-0.05, 0) is 60.9 Å². The fraction of sp³-hybridized carbons (Fsp3) is 0.200. The molecule has 0 atom stereocenters. The van der Waals surface area contributed by atoms with Gasteiger partial charge in [0, 0.05) is 10.7 Å². The number of rotatable bonds is 2. The van der Waals surface area contributed by atoms with Crippen LogP contribution in [0.5, 0.6) is 0 Å². The first-order chi connectivity index (χ1) is 12.5. The van der Waals surface area contributed by atoms with Crippen molar-refractivity contribution >= 4 is 34.7 Å². The molecule has 0 radical (unpaired) electrons. The van der Waals surface area contributed by atoms with Crippen molar-refractivity contribution in [3.63, 3.8) is 0 Å². The predicted octanol–water partition coefficient (Wildman–Crippen LogP) is 3.06. The predicted molar refractivity (Wildman–Crippen MR) is 108 cm³/mol. The van der Waals surface area contributed by atoms with Crippen molar-refractivity contribution in [2.24, 2.45) is 4.99 Å². The summed E-state index contributed by atoms with van der Waals surface area (Å²) in [5.74, 6) is 0. The molecule has 4 nitrogen and oxygen atoms in total. The Morgan fingerprint density at radius 1 is 1.15 bits per heavy atom. The van der Waals surface area contributed by atoms with Gasteiger partial charge in [0.1, 0.15) is 13.3 Å². The average molecular weight is 384 g/mol. The number of benzene rings is 2. The molecule has 1 aliphatic rings. The summed E-state index contributed by atoms with van der Waals surface area (Å²) in [6.45, 7) is 5.23. The molecule has 0 aliphatic carbocycles. The zero-order valence-corrected chi connectivity index (χ0v) is 16.1. The Kier molecular flexibility index (Phi) is 4.42. The van der Waals surface area contributed by atoms with E-state index in [0.29, 0.717) is 22.9 Å². The minimum atomic E-state index is -0.0113. The lowest BCUT2D eigenvalue weighted by Crippen LogP contribution is -2.42. The molecule has 0 unspecified atom stereocenters. The van der Waals surface area contributed by atoms with Crippen molar-refractivity contribution in [2.75, 3.05) is 11.6 Å². The Bertz CT molecular complexity index is 1140. The molecule has 0 N–H and O–H groups in total. The third kappa shape index (κ3) is 3.32. The van der Waals surface area contributed by atoms with E-state index in [2.05, 4.69) is 41.9 Å². The lowest BCUT2D eigenvalue weighted by molar-refractivity contribution is 0.569. The van der Waals surface area contributed by atoms with Crippen LogP contribution in [0.1, 0.15) is 16.7 Å². The highest BCUT2D eigenvalue weighted by atomic mass is 35.5. The smallest absolute Gasteiger partial charge is 0.271 e. The molecule has 0 fully saturated rings. The normalized spacial score (nSPS) is 14.3. The van der Waals surface area contributed by atoms with Crippen LogP contribution in [0.25, 0.3) is 6.08 Å². The van der Waals surface area contributed by atoms with Crippen LogP contribution in [-0.4, -0.2) is 11.2 Å². The van der Waals surface area contributed by atoms with E-state index in [0.717, 1.165) is 16.1 Å². The molecule has 2 heterocycles. The van der Waals surface area contributed by atoms with Gasteiger partial charge in [-0.15, -0.1) is 0 Å². The molecular weight excluding hydrogens is 366 g/mol. The summed E-state index contributed by atoms with van der Waals surface area (Å²) in [7, 11) is 0. The summed E-state index contributed by atoms with van der Waals surface area (Å²) >= 11 is 7.46. The van der Waals surface area contributed by atoms with Crippen molar-refractivity contribution in [3.05, 3.63) is 83.9 Å². The van der Waals surface area contributed by atoms with Gasteiger partial charge in [0.25, 0.3) is 5.56 Å². The quantitative estimate of drug-likeness (QED) is 0.682. The lowest BCUT2D eigenvalue weighted by atomic mass is 10.1. The second-order valence-corrected chi connectivity index (χ2v) is 7.95. The molecule has 26 heavy (non-hydrogen) atoms. The van der Waals surface area contributed by atoms with Crippen LogP contribution >= 0.6 is 22.9 Å². The molecule has 3 aromatic rings. The van der Waals surface area contributed by atoms with Crippen molar-refractivity contribution in [3.8, 4) is 0 Å². The van der Waals surface area contributed by atoms with Gasteiger partial charge in [0.15, 0.2) is 4.80 Å². The van der Waals surface area contributed by atoms with E-state index in [9.17, 15) is 4.79 Å². The maximum atomic E-state index is 12.8. The minimum absolute atomic E-state index is 0.0113. The van der Waals surface area contributed by atoms with E-state index in [1.807, 2.05) is 30.3 Å². The topological polar surface area (TPSA) is 37.6 Å². The van der Waals surface area contributed by atoms with E-state index in [1.54, 1.807) is 4.57 Å². The van der Waals surface area contributed by atoms with Crippen LogP contribution in [0.15, 0.2) is 52.3 Å². The van der Waals surface area contributed by atoms with E-state index in [-0.39, 0.29) is 5.56 Å². The van der Waals surface area contributed by atoms with Gasteiger partial charge in [-0.3, -0.25) is 9.36 Å². The van der Waals surface area contributed by atoms with Crippen molar-refractivity contribution in [1.82, 2.24) is 4.57 Å². The van der Waals surface area contributed by atoms with Crippen LogP contribution in [-0.2, 0) is 6.67 Å². The lowest BCUT2D eigenvalue weighted by Gasteiger charge is -2.26. The molecule has 4 rings (SSSR count). The molecule has 0 saturated heterocycles. The number of aryl methyl sites for hydroxylation is 2. The Hall–Kier alpha value is -2.37. The molecule has 0 amide bonds. The number of hydrogen-bond donors (Lipinski definition) is 0. The Balaban J connectivity index is 1.73. The number of nitrogens with zero attached hydrogens (tertiary/aromatic N) is 3. The first-order valence-electron chi connectivity index (χ1n) is 8.34. The van der Waals surface area contributed by atoms with Crippen LogP contribution in [0.3, 0.4) is 0 Å². The monoisotopic (exact) mass is 383 g/mol. The van der Waals surface area contributed by atoms with Crippen molar-refractivity contribution in [1.29, 1.82) is 0 Å². The van der Waals surface area contributed by atoms with E-state index in [1.165, 1.54) is 22.5 Å². The highest BCUT2D eigenvalue weighted by Crippen LogP contribution is 2.20. The fourth-order valence-electron chi connectivity index (χ4n) is 3.16. The fourth-order valence-corrected chi connectivity index (χ4v) is 4.32. The average Bonchev–Trinajstić information content (AvgIpc) is 2.89. The van der Waals surface area contributed by atoms with E-state index < -0.39 is 0 Å². The number of aromatic nitrogens is 1. The van der Waals surface area contributed by atoms with Crippen LogP contribution in [0, 0.1) is 13.8 Å². The largest absolute Gasteiger partial charge is 0.334 e. The van der Waals surface area contributed by atoms with Gasteiger partial charge in [-0.2, -0.15) is 0 Å². The summed E-state index contributed by atoms with van der Waals surface area (Å²) < 4.78 is 2.41. The van der Waals surface area contributed by atoms with Crippen LogP contribution < -0.4 is 19.8 Å². The van der Waals surface area contributed by atoms with E-state index >= 15 is 0 Å². The van der Waals surface area contributed by atoms with E-state index in [4.69, 9.17) is 11.6 Å². The van der Waals surface area contributed by atoms with Gasteiger partial charge >= 0.3 is 0 Å². The number of hydrogen-bond acceptors (Lipinski definition) is 4. The third-order valence-electron chi connectivity index (χ3n) is 4.29. The summed E-state index contributed by atoms with van der Waals surface area (Å²) in [5, 5.41) is 0.658. The maximum absolute atomic E-state index is 12.8. The molecule has 6 heteroatoms. The molecule has 0 spiro atoms. The van der Waals surface area contributed by atoms with Crippen molar-refractivity contribution in [2.45, 2.75) is 20.5 Å². The van der Waals surface area contributed by atoms with Gasteiger partial charge in [0.2, 0.25) is 0 Å². The third-order valence-corrected chi connectivity index (χ3v) is 5.57. The zero-order valence-electron chi connectivity index (χ0n) is 14.6. The minimum Gasteiger partial charge on any atom is -0.334 e. The molecule has 1 aliphatic heterocycles. The molecular formula is C20H18ClN3OS. The highest BCUT2D eigenvalue weighted by Gasteiger charge is 2.16. The first-order valence-corrected chi connectivity index (χ1v) is 9.54. The first kappa shape index (κ1) is 17.1. The standard InChI is InChI=1S/C20H18ClN3OS/c1-13-6-14(2)8-17(7-13)23-11-22-20-24(12-23)19(25)18(26-20)10-15-4-3-5-16(21)9-15/h3-10H,11-12H2,1-2H3/b18-10-. The zero-order chi connectivity index (χ0) is 18.3.